The molecule has 5 amide bonds. The topological polar surface area (TPSA) is 152 Å². The van der Waals surface area contributed by atoms with Crippen LogP contribution < -0.4 is 27.0 Å². The van der Waals surface area contributed by atoms with Crippen molar-refractivity contribution in [2.75, 3.05) is 11.9 Å². The number of ether oxygens (including phenoxy) is 1. The second-order valence-electron chi connectivity index (χ2n) is 11.2. The number of unbranched alkanes of at least 4 members (excludes halogenated alkanes) is 3. The highest BCUT2D eigenvalue weighted by atomic mass is 16.5. The van der Waals surface area contributed by atoms with Crippen LogP contribution in [0.15, 0.2) is 24.3 Å². The molecule has 1 rings (SSSR count). The minimum Gasteiger partial charge on any atom is -0.371 e. The van der Waals surface area contributed by atoms with Crippen molar-refractivity contribution in [3.63, 3.8) is 0 Å². The molecule has 0 aliphatic heterocycles. The van der Waals surface area contributed by atoms with Crippen molar-refractivity contribution in [3.8, 4) is 0 Å². The molecule has 10 nitrogen and oxygen atoms in total. The van der Waals surface area contributed by atoms with E-state index in [-0.39, 0.29) is 30.4 Å². The Morgan fingerprint density at radius 3 is 2.15 bits per heavy atom. The van der Waals surface area contributed by atoms with Crippen molar-refractivity contribution in [1.82, 2.24) is 16.0 Å². The highest BCUT2D eigenvalue weighted by Gasteiger charge is 2.28. The fraction of sp³-hybridized carbons (Fsp3) is 0.655. The summed E-state index contributed by atoms with van der Waals surface area (Å²) >= 11 is 0. The first kappa shape index (κ1) is 33.9. The average Bonchev–Trinajstić information content (AvgIpc) is 2.85. The van der Waals surface area contributed by atoms with Gasteiger partial charge in [0.1, 0.15) is 12.1 Å². The Morgan fingerprint density at radius 2 is 1.59 bits per heavy atom. The molecule has 0 aliphatic carbocycles. The minimum absolute atomic E-state index is 0.173. The van der Waals surface area contributed by atoms with Gasteiger partial charge in [-0.1, -0.05) is 52.2 Å². The Bertz CT molecular complexity index is 912. The minimum atomic E-state index is -0.876. The number of hydrogen-bond acceptors (Lipinski definition) is 5. The van der Waals surface area contributed by atoms with Crippen molar-refractivity contribution in [1.29, 1.82) is 0 Å². The van der Waals surface area contributed by atoms with E-state index >= 15 is 0 Å². The summed E-state index contributed by atoms with van der Waals surface area (Å²) in [5, 5.41) is 11.0. The molecular formula is C29H49N5O5. The van der Waals surface area contributed by atoms with Crippen molar-refractivity contribution >= 4 is 29.4 Å². The number of anilines is 1. The molecule has 0 saturated carbocycles. The lowest BCUT2D eigenvalue weighted by Gasteiger charge is -2.25. The molecule has 0 radical (unpaired) electrons. The summed E-state index contributed by atoms with van der Waals surface area (Å²) < 4.78 is 5.79. The van der Waals surface area contributed by atoms with Gasteiger partial charge in [0, 0.05) is 18.7 Å². The van der Waals surface area contributed by atoms with Gasteiger partial charge < -0.3 is 31.7 Å². The zero-order valence-corrected chi connectivity index (χ0v) is 24.5. The summed E-state index contributed by atoms with van der Waals surface area (Å²) in [6.07, 6.45) is 4.92. The van der Waals surface area contributed by atoms with E-state index in [0.29, 0.717) is 25.1 Å². The monoisotopic (exact) mass is 547 g/mol. The number of hydrogen-bond donors (Lipinski definition) is 5. The van der Waals surface area contributed by atoms with E-state index in [1.165, 1.54) is 0 Å². The number of carbonyl (C=O) groups excluding carboxylic acids is 4. The Morgan fingerprint density at radius 1 is 0.923 bits per heavy atom. The van der Waals surface area contributed by atoms with E-state index in [2.05, 4.69) is 28.2 Å². The quantitative estimate of drug-likeness (QED) is 0.187. The largest absolute Gasteiger partial charge is 0.371 e. The normalized spacial score (nSPS) is 12.9. The first-order chi connectivity index (χ1) is 18.3. The molecule has 10 heteroatoms. The number of urea groups is 1. The SMILES string of the molecule is CCCCCCC(=O)N[C@H](C(=O)N[C@@H](CCCNC(N)=O)C(=O)Nc1ccc(COC(C)(C)C)cc1)C(C)C. The van der Waals surface area contributed by atoms with Crippen molar-refractivity contribution in [2.45, 2.75) is 111 Å². The molecule has 0 spiro atoms. The number of benzene rings is 1. The molecular weight excluding hydrogens is 498 g/mol. The van der Waals surface area contributed by atoms with Crippen molar-refractivity contribution in [2.24, 2.45) is 11.7 Å². The summed E-state index contributed by atoms with van der Waals surface area (Å²) in [6, 6.07) is 5.00. The maximum Gasteiger partial charge on any atom is 0.312 e. The third kappa shape index (κ3) is 15.1. The van der Waals surface area contributed by atoms with Gasteiger partial charge in [0.25, 0.3) is 0 Å². The fourth-order valence-corrected chi connectivity index (χ4v) is 3.75. The summed E-state index contributed by atoms with van der Waals surface area (Å²) in [6.45, 7) is 12.5. The van der Waals surface area contributed by atoms with Crippen LogP contribution in [0.5, 0.6) is 0 Å². The van der Waals surface area contributed by atoms with E-state index in [0.717, 1.165) is 31.2 Å². The lowest BCUT2D eigenvalue weighted by Crippen LogP contribution is -2.54. The van der Waals surface area contributed by atoms with Gasteiger partial charge in [-0.15, -0.1) is 0 Å². The standard InChI is InChI=1S/C29H49N5O5/c1-7-8-9-10-13-24(35)34-25(20(2)3)27(37)33-23(12-11-18-31-28(30)38)26(36)32-22-16-14-21(15-17-22)19-39-29(4,5)6/h14-17,20,23,25H,7-13,18-19H2,1-6H3,(H,32,36)(H,33,37)(H,34,35)(H3,30,31,38)/t23-,25-/m0/s1. The zero-order valence-electron chi connectivity index (χ0n) is 24.5. The molecule has 0 heterocycles. The Hall–Kier alpha value is -3.14. The van der Waals surface area contributed by atoms with Gasteiger partial charge in [0.05, 0.1) is 12.2 Å². The molecule has 0 unspecified atom stereocenters. The van der Waals surface area contributed by atoms with E-state index < -0.39 is 29.9 Å². The van der Waals surface area contributed by atoms with Gasteiger partial charge in [0.2, 0.25) is 17.7 Å². The maximum atomic E-state index is 13.2. The van der Waals surface area contributed by atoms with E-state index in [9.17, 15) is 19.2 Å². The van der Waals surface area contributed by atoms with Gasteiger partial charge in [-0.2, -0.15) is 0 Å². The lowest BCUT2D eigenvalue weighted by molar-refractivity contribution is -0.132. The smallest absolute Gasteiger partial charge is 0.312 e. The number of amides is 5. The van der Waals surface area contributed by atoms with Gasteiger partial charge in [-0.25, -0.2) is 4.79 Å². The van der Waals surface area contributed by atoms with Crippen LogP contribution in [0.2, 0.25) is 0 Å². The Kier molecular flexibility index (Phi) is 15.2. The summed E-state index contributed by atoms with van der Waals surface area (Å²) in [4.78, 5) is 49.9. The molecule has 0 bridgehead atoms. The Labute approximate surface area is 233 Å². The van der Waals surface area contributed by atoms with Crippen LogP contribution in [0.1, 0.15) is 92.1 Å². The van der Waals surface area contributed by atoms with Crippen LogP contribution >= 0.6 is 0 Å². The van der Waals surface area contributed by atoms with Gasteiger partial charge in [0.15, 0.2) is 0 Å². The van der Waals surface area contributed by atoms with E-state index in [1.54, 1.807) is 12.1 Å². The Balaban J connectivity index is 2.87. The summed E-state index contributed by atoms with van der Waals surface area (Å²) in [5.74, 6) is -1.17. The van der Waals surface area contributed by atoms with Gasteiger partial charge in [-0.3, -0.25) is 14.4 Å². The van der Waals surface area contributed by atoms with Crippen LogP contribution in [-0.2, 0) is 25.7 Å². The molecule has 1 aromatic carbocycles. The highest BCUT2D eigenvalue weighted by molar-refractivity contribution is 5.98. The van der Waals surface area contributed by atoms with Crippen LogP contribution in [0, 0.1) is 5.92 Å². The third-order valence-corrected chi connectivity index (χ3v) is 6.02. The molecule has 0 fully saturated rings. The average molecular weight is 548 g/mol. The van der Waals surface area contributed by atoms with Crippen molar-refractivity contribution in [3.05, 3.63) is 29.8 Å². The van der Waals surface area contributed by atoms with Crippen LogP contribution in [0.3, 0.4) is 0 Å². The number of nitrogens with one attached hydrogen (secondary N) is 4. The number of primary amides is 1. The zero-order chi connectivity index (χ0) is 29.4. The summed E-state index contributed by atoms with van der Waals surface area (Å²) in [5.41, 5.74) is 6.42. The number of rotatable bonds is 17. The summed E-state index contributed by atoms with van der Waals surface area (Å²) in [7, 11) is 0. The van der Waals surface area contributed by atoms with Crippen LogP contribution in [0.25, 0.3) is 0 Å². The van der Waals surface area contributed by atoms with Crippen molar-refractivity contribution < 1.29 is 23.9 Å². The molecule has 0 aromatic heterocycles. The van der Waals surface area contributed by atoms with Crippen LogP contribution in [0.4, 0.5) is 10.5 Å². The predicted octanol–water partition coefficient (Wildman–Crippen LogP) is 3.98. The van der Waals surface area contributed by atoms with Crippen LogP contribution in [-0.4, -0.2) is 48.0 Å². The second-order valence-corrected chi connectivity index (χ2v) is 11.2. The van der Waals surface area contributed by atoms with E-state index in [4.69, 9.17) is 10.5 Å². The first-order valence-electron chi connectivity index (χ1n) is 14.0. The molecule has 6 N–H and O–H groups in total. The number of carbonyl (C=O) groups is 4. The van der Waals surface area contributed by atoms with E-state index in [1.807, 2.05) is 46.8 Å². The maximum absolute atomic E-state index is 13.2. The molecule has 1 aromatic rings. The molecule has 39 heavy (non-hydrogen) atoms. The first-order valence-corrected chi connectivity index (χ1v) is 14.0. The molecule has 0 saturated heterocycles. The molecule has 0 aliphatic rings. The predicted molar refractivity (Wildman–Crippen MR) is 154 cm³/mol. The lowest BCUT2D eigenvalue weighted by atomic mass is 10.0. The second kappa shape index (κ2) is 17.4. The molecule has 2 atom stereocenters. The molecule has 220 valence electrons. The van der Waals surface area contributed by atoms with Gasteiger partial charge in [-0.05, 0) is 63.6 Å². The number of nitrogens with two attached hydrogens (primary N) is 1. The fourth-order valence-electron chi connectivity index (χ4n) is 3.75. The van der Waals surface area contributed by atoms with Gasteiger partial charge >= 0.3 is 6.03 Å². The third-order valence-electron chi connectivity index (χ3n) is 6.02. The highest BCUT2D eigenvalue weighted by Crippen LogP contribution is 2.15.